The molecule has 2 aromatic carbocycles. The number of methoxy groups -OCH3 is 1. The van der Waals surface area contributed by atoms with Crippen LogP contribution in [0.25, 0.3) is 6.08 Å². The fraction of sp³-hybridized carbons (Fsp3) is 0.100. The lowest BCUT2D eigenvalue weighted by Crippen LogP contribution is -2.13. The summed E-state index contributed by atoms with van der Waals surface area (Å²) in [5, 5.41) is 12.1. The molecule has 0 aliphatic heterocycles. The van der Waals surface area contributed by atoms with Crippen molar-refractivity contribution in [3.63, 3.8) is 0 Å². The number of nitrogens with zero attached hydrogens (tertiary/aromatic N) is 1. The molecule has 0 aliphatic rings. The smallest absolute Gasteiger partial charge is 0.266 e. The number of benzene rings is 2. The monoisotopic (exact) mass is 490 g/mol. The molecule has 5 nitrogen and oxygen atoms in total. The van der Waals surface area contributed by atoms with E-state index in [2.05, 4.69) is 43.8 Å². The molecule has 0 bridgehead atoms. The number of anilines is 1. The molecule has 0 heterocycles. The van der Waals surface area contributed by atoms with E-state index in [1.807, 2.05) is 12.1 Å². The molecule has 2 aromatic rings. The molecule has 1 amide bonds. The third-order valence-corrected chi connectivity index (χ3v) is 4.44. The van der Waals surface area contributed by atoms with E-state index in [0.717, 1.165) is 4.47 Å². The van der Waals surface area contributed by atoms with Crippen LogP contribution in [0.5, 0.6) is 11.5 Å². The van der Waals surface area contributed by atoms with Gasteiger partial charge in [0.1, 0.15) is 18.2 Å². The minimum absolute atomic E-state index is 0.0383. The van der Waals surface area contributed by atoms with Crippen molar-refractivity contribution in [3.05, 3.63) is 69.1 Å². The highest BCUT2D eigenvalue weighted by Gasteiger charge is 2.14. The Morgan fingerprint density at radius 2 is 2.11 bits per heavy atom. The molecule has 0 saturated heterocycles. The molecule has 27 heavy (non-hydrogen) atoms. The van der Waals surface area contributed by atoms with Crippen molar-refractivity contribution in [2.45, 2.75) is 0 Å². The van der Waals surface area contributed by atoms with Gasteiger partial charge in [0.2, 0.25) is 0 Å². The quantitative estimate of drug-likeness (QED) is 0.322. The number of carbonyl (C=O) groups is 1. The zero-order valence-electron chi connectivity index (χ0n) is 14.5. The van der Waals surface area contributed by atoms with Gasteiger partial charge >= 0.3 is 0 Å². The molecule has 0 unspecified atom stereocenters. The normalized spacial score (nSPS) is 10.7. The van der Waals surface area contributed by atoms with Gasteiger partial charge in [-0.2, -0.15) is 5.26 Å². The lowest BCUT2D eigenvalue weighted by atomic mass is 10.1. The Hall–Kier alpha value is -2.56. The number of carbonyl (C=O) groups excluding carboxylic acids is 1. The minimum atomic E-state index is -0.502. The Morgan fingerprint density at radius 3 is 2.74 bits per heavy atom. The second-order valence-electron chi connectivity index (χ2n) is 5.27. The van der Waals surface area contributed by atoms with Crippen LogP contribution in [-0.2, 0) is 4.79 Å². The van der Waals surface area contributed by atoms with E-state index < -0.39 is 5.91 Å². The highest BCUT2D eigenvalue weighted by atomic mass is 79.9. The topological polar surface area (TPSA) is 71.3 Å². The molecule has 2 rings (SSSR count). The van der Waals surface area contributed by atoms with Crippen molar-refractivity contribution in [1.29, 1.82) is 5.26 Å². The van der Waals surface area contributed by atoms with Gasteiger partial charge in [-0.3, -0.25) is 4.79 Å². The molecule has 0 aromatic heterocycles. The number of halogens is 2. The number of hydrogen-bond donors (Lipinski definition) is 1. The first-order valence-electron chi connectivity index (χ1n) is 7.78. The number of ether oxygens (including phenoxy) is 2. The van der Waals surface area contributed by atoms with E-state index in [1.165, 1.54) is 13.2 Å². The third-order valence-electron chi connectivity index (χ3n) is 3.36. The van der Waals surface area contributed by atoms with Crippen LogP contribution in [0, 0.1) is 11.3 Å². The number of nitriles is 1. The first-order chi connectivity index (χ1) is 13.0. The zero-order chi connectivity index (χ0) is 19.8. The second-order valence-corrected chi connectivity index (χ2v) is 7.04. The van der Waals surface area contributed by atoms with Crippen LogP contribution < -0.4 is 14.8 Å². The fourth-order valence-electron chi connectivity index (χ4n) is 2.19. The molecule has 1 N–H and O–H groups in total. The summed E-state index contributed by atoms with van der Waals surface area (Å²) in [6.45, 7) is 3.94. The molecule has 0 radical (unpaired) electrons. The fourth-order valence-corrected chi connectivity index (χ4v) is 3.16. The summed E-state index contributed by atoms with van der Waals surface area (Å²) in [6.07, 6.45) is 3.11. The predicted octanol–water partition coefficient (Wildman–Crippen LogP) is 5.33. The number of amides is 1. The maximum Gasteiger partial charge on any atom is 0.266 e. The molecule has 0 spiro atoms. The number of nitrogens with one attached hydrogen (secondary N) is 1. The summed E-state index contributed by atoms with van der Waals surface area (Å²) in [5.74, 6) is 0.492. The van der Waals surface area contributed by atoms with Gasteiger partial charge in [-0.15, -0.1) is 0 Å². The van der Waals surface area contributed by atoms with Crippen LogP contribution in [0.2, 0.25) is 0 Å². The number of hydrogen-bond acceptors (Lipinski definition) is 4. The average Bonchev–Trinajstić information content (AvgIpc) is 2.64. The molecule has 0 saturated carbocycles. The van der Waals surface area contributed by atoms with Gasteiger partial charge in [-0.25, -0.2) is 0 Å². The Morgan fingerprint density at radius 1 is 1.33 bits per heavy atom. The first kappa shape index (κ1) is 20.7. The summed E-state index contributed by atoms with van der Waals surface area (Å²) >= 11 is 6.76. The summed E-state index contributed by atoms with van der Waals surface area (Å²) in [7, 11) is 1.52. The van der Waals surface area contributed by atoms with E-state index in [0.29, 0.717) is 33.8 Å². The summed E-state index contributed by atoms with van der Waals surface area (Å²) in [5.41, 5.74) is 1.16. The predicted molar refractivity (Wildman–Crippen MR) is 113 cm³/mol. The van der Waals surface area contributed by atoms with Gasteiger partial charge in [0.15, 0.2) is 11.5 Å². The molecule has 0 fully saturated rings. The highest BCUT2D eigenvalue weighted by Crippen LogP contribution is 2.37. The second kappa shape index (κ2) is 9.95. The SMILES string of the molecule is C=CCOc1c(Br)cc(/C=C(/C#N)C(=O)Nc2cccc(Br)c2)cc1OC. The van der Waals surface area contributed by atoms with Crippen molar-refractivity contribution in [1.82, 2.24) is 0 Å². The van der Waals surface area contributed by atoms with Gasteiger partial charge < -0.3 is 14.8 Å². The largest absolute Gasteiger partial charge is 0.493 e. The maximum atomic E-state index is 12.4. The Bertz CT molecular complexity index is 933. The Labute approximate surface area is 174 Å². The molecule has 7 heteroatoms. The molecular weight excluding hydrogens is 476 g/mol. The number of rotatable bonds is 7. The van der Waals surface area contributed by atoms with E-state index in [9.17, 15) is 10.1 Å². The standard InChI is InChI=1S/C20H16Br2N2O3/c1-3-7-27-19-17(22)9-13(10-18(19)26-2)8-14(12-23)20(25)24-16-6-4-5-15(21)11-16/h3-6,8-11H,1,7H2,2H3,(H,24,25)/b14-8-. The van der Waals surface area contributed by atoms with Crippen molar-refractivity contribution in [2.75, 3.05) is 19.0 Å². The van der Waals surface area contributed by atoms with Gasteiger partial charge in [-0.1, -0.05) is 34.7 Å². The highest BCUT2D eigenvalue weighted by molar-refractivity contribution is 9.10. The van der Waals surface area contributed by atoms with Crippen molar-refractivity contribution < 1.29 is 14.3 Å². The van der Waals surface area contributed by atoms with Gasteiger partial charge in [-0.05, 0) is 57.9 Å². The van der Waals surface area contributed by atoms with E-state index in [4.69, 9.17) is 9.47 Å². The maximum absolute atomic E-state index is 12.4. The van der Waals surface area contributed by atoms with Crippen molar-refractivity contribution in [2.24, 2.45) is 0 Å². The first-order valence-corrected chi connectivity index (χ1v) is 9.37. The minimum Gasteiger partial charge on any atom is -0.493 e. The summed E-state index contributed by atoms with van der Waals surface area (Å²) in [6, 6.07) is 12.5. The Balaban J connectivity index is 2.31. The van der Waals surface area contributed by atoms with Crippen molar-refractivity contribution >= 4 is 49.5 Å². The average molecular weight is 492 g/mol. The summed E-state index contributed by atoms with van der Waals surface area (Å²) in [4.78, 5) is 12.4. The lowest BCUT2D eigenvalue weighted by molar-refractivity contribution is -0.112. The van der Waals surface area contributed by atoms with Crippen LogP contribution in [0.3, 0.4) is 0 Å². The molecule has 0 aliphatic carbocycles. The van der Waals surface area contributed by atoms with E-state index in [-0.39, 0.29) is 5.57 Å². The van der Waals surface area contributed by atoms with E-state index in [1.54, 1.807) is 36.4 Å². The third kappa shape index (κ3) is 5.71. The zero-order valence-corrected chi connectivity index (χ0v) is 17.6. The van der Waals surface area contributed by atoms with Gasteiger partial charge in [0, 0.05) is 10.2 Å². The van der Waals surface area contributed by atoms with Crippen LogP contribution in [0.15, 0.2) is 63.6 Å². The molecule has 138 valence electrons. The van der Waals surface area contributed by atoms with Crippen LogP contribution in [0.1, 0.15) is 5.56 Å². The summed E-state index contributed by atoms with van der Waals surface area (Å²) < 4.78 is 12.4. The van der Waals surface area contributed by atoms with E-state index >= 15 is 0 Å². The van der Waals surface area contributed by atoms with Crippen LogP contribution in [-0.4, -0.2) is 19.6 Å². The Kier molecular flexibility index (Phi) is 7.65. The van der Waals surface area contributed by atoms with Crippen molar-refractivity contribution in [3.8, 4) is 17.6 Å². The van der Waals surface area contributed by atoms with Crippen LogP contribution >= 0.6 is 31.9 Å². The molecule has 0 atom stereocenters. The van der Waals surface area contributed by atoms with Crippen LogP contribution in [0.4, 0.5) is 5.69 Å². The van der Waals surface area contributed by atoms with Gasteiger partial charge in [0.05, 0.1) is 11.6 Å². The van der Waals surface area contributed by atoms with Gasteiger partial charge in [0.25, 0.3) is 5.91 Å². The molecular formula is C20H16Br2N2O3. The lowest BCUT2D eigenvalue weighted by Gasteiger charge is -2.12.